The average molecular weight is 964 g/mol. The number of unbranched alkanes of at least 4 members (excludes halogenated alkanes) is 3. The topological polar surface area (TPSA) is 152 Å². The van der Waals surface area contributed by atoms with Crippen molar-refractivity contribution in [2.75, 3.05) is 24.2 Å². The standard InChI is InChI=1S/C37H44I2N2O8S2/c1-36(2)32(40(4)31-24-26(38)23-29(39)35(31)36)15-9-6-5-7-10-16-33-37(3,20-12-14-22-50(44,45)46)28-25-27(51(47,48)49)18-19-30(28)41(33)21-13-8-11-17-34(42)43/h5-7,9-10,15-16,18-19,23-25H,8,11-14,17,20-22H2,1-4H3,(H2-,42,43,44,45,46,47,48,49)/p+1. The molecular weight excluding hydrogens is 918 g/mol. The lowest BCUT2D eigenvalue weighted by atomic mass is 9.77. The van der Waals surface area contributed by atoms with Gasteiger partial charge in [0, 0.05) is 49.0 Å². The zero-order valence-electron chi connectivity index (χ0n) is 29.1. The van der Waals surface area contributed by atoms with Crippen LogP contribution < -0.4 is 4.90 Å². The zero-order valence-corrected chi connectivity index (χ0v) is 35.1. The highest BCUT2D eigenvalue weighted by Crippen LogP contribution is 2.51. The Morgan fingerprint density at radius 1 is 0.902 bits per heavy atom. The van der Waals surface area contributed by atoms with E-state index in [9.17, 15) is 30.7 Å². The number of hydrogen-bond acceptors (Lipinski definition) is 6. The minimum atomic E-state index is -4.49. The third kappa shape index (κ3) is 9.99. The van der Waals surface area contributed by atoms with Gasteiger partial charge in [0.05, 0.1) is 21.6 Å². The largest absolute Gasteiger partial charge is 0.481 e. The van der Waals surface area contributed by atoms with Crippen LogP contribution in [-0.4, -0.2) is 66.6 Å². The summed E-state index contributed by atoms with van der Waals surface area (Å²) in [5, 5.41) is 9.07. The van der Waals surface area contributed by atoms with E-state index in [4.69, 9.17) is 5.11 Å². The molecule has 0 saturated carbocycles. The molecule has 1 atom stereocenters. The molecule has 14 heteroatoms. The Morgan fingerprint density at radius 2 is 1.59 bits per heavy atom. The summed E-state index contributed by atoms with van der Waals surface area (Å²) in [5.74, 6) is -1.24. The van der Waals surface area contributed by atoms with Crippen LogP contribution in [-0.2, 0) is 35.9 Å². The Kier molecular flexibility index (Phi) is 13.6. The summed E-state index contributed by atoms with van der Waals surface area (Å²) in [6, 6.07) is 8.90. The summed E-state index contributed by atoms with van der Waals surface area (Å²) < 4.78 is 71.0. The first kappa shape index (κ1) is 41.4. The van der Waals surface area contributed by atoms with Gasteiger partial charge in [-0.1, -0.05) is 43.2 Å². The number of fused-ring (bicyclic) bond motifs is 2. The Bertz CT molecular complexity index is 2050. The average Bonchev–Trinajstić information content (AvgIpc) is 3.36. The summed E-state index contributed by atoms with van der Waals surface area (Å²) in [4.78, 5) is 12.9. The predicted molar refractivity (Wildman–Crippen MR) is 219 cm³/mol. The third-order valence-corrected chi connectivity index (χ3v) is 12.7. The van der Waals surface area contributed by atoms with Crippen molar-refractivity contribution in [1.82, 2.24) is 0 Å². The highest BCUT2D eigenvalue weighted by Gasteiger charge is 2.45. The highest BCUT2D eigenvalue weighted by atomic mass is 127. The van der Waals surface area contributed by atoms with E-state index in [0.717, 1.165) is 11.4 Å². The van der Waals surface area contributed by atoms with E-state index in [0.29, 0.717) is 44.2 Å². The fourth-order valence-corrected chi connectivity index (χ4v) is 10.7. The fourth-order valence-electron chi connectivity index (χ4n) is 7.11. The van der Waals surface area contributed by atoms with Crippen LogP contribution in [0.3, 0.4) is 0 Å². The second kappa shape index (κ2) is 16.7. The fraction of sp³-hybridized carbons (Fsp3) is 0.405. The third-order valence-electron chi connectivity index (χ3n) is 9.58. The molecule has 4 rings (SSSR count). The van der Waals surface area contributed by atoms with E-state index in [1.165, 1.54) is 36.2 Å². The number of anilines is 1. The molecule has 0 fully saturated rings. The minimum Gasteiger partial charge on any atom is -0.481 e. The molecule has 3 N–H and O–H groups in total. The van der Waals surface area contributed by atoms with Crippen molar-refractivity contribution in [3.8, 4) is 0 Å². The molecule has 2 aromatic carbocycles. The van der Waals surface area contributed by atoms with Crippen LogP contribution in [0.2, 0.25) is 0 Å². The number of carbonyl (C=O) groups is 1. The van der Waals surface area contributed by atoms with Crippen molar-refractivity contribution in [3.05, 3.63) is 96.8 Å². The van der Waals surface area contributed by atoms with Gasteiger partial charge in [0.1, 0.15) is 7.05 Å². The first-order chi connectivity index (χ1) is 23.8. The number of rotatable bonds is 16. The number of halogens is 2. The molecule has 10 nitrogen and oxygen atoms in total. The molecule has 0 saturated heterocycles. The summed E-state index contributed by atoms with van der Waals surface area (Å²) in [5.41, 5.74) is 5.09. The van der Waals surface area contributed by atoms with Crippen molar-refractivity contribution in [3.63, 3.8) is 0 Å². The minimum absolute atomic E-state index is 0.0741. The molecule has 1 unspecified atom stereocenters. The number of nitrogens with zero attached hydrogens (tertiary/aromatic N) is 2. The lowest BCUT2D eigenvalue weighted by Gasteiger charge is -2.30. The van der Waals surface area contributed by atoms with Crippen LogP contribution >= 0.6 is 45.2 Å². The molecule has 0 bridgehead atoms. The maximum absolute atomic E-state index is 12.2. The molecule has 0 spiro atoms. The lowest BCUT2D eigenvalue weighted by molar-refractivity contribution is -0.401. The lowest BCUT2D eigenvalue weighted by Crippen LogP contribution is -2.29. The summed E-state index contributed by atoms with van der Waals surface area (Å²) >= 11 is 4.76. The maximum Gasteiger partial charge on any atom is 0.303 e. The van der Waals surface area contributed by atoms with Gasteiger partial charge in [0.15, 0.2) is 5.71 Å². The van der Waals surface area contributed by atoms with Gasteiger partial charge in [-0.25, -0.2) is 0 Å². The van der Waals surface area contributed by atoms with E-state index >= 15 is 0 Å². The van der Waals surface area contributed by atoms with Gasteiger partial charge in [-0.05, 0) is 128 Å². The summed E-state index contributed by atoms with van der Waals surface area (Å²) in [6.45, 7) is 6.97. The SMILES string of the molecule is C[N+]1=C(C=CC=CC=CC=C2N(CCCCCC(=O)O)c3ccc(S(=O)(=O)O)cc3C2(C)CCCCS(=O)(=O)O)C(C)(C)c2c(I)cc(I)cc21. The Labute approximate surface area is 328 Å². The predicted octanol–water partition coefficient (Wildman–Crippen LogP) is 8.18. The first-order valence-electron chi connectivity index (χ1n) is 16.7. The van der Waals surface area contributed by atoms with Crippen molar-refractivity contribution >= 4 is 88.5 Å². The van der Waals surface area contributed by atoms with E-state index in [2.05, 4.69) is 93.8 Å². The quantitative estimate of drug-likeness (QED) is 0.0498. The molecule has 2 aliphatic rings. The van der Waals surface area contributed by atoms with Crippen LogP contribution in [0.15, 0.2) is 83.5 Å². The number of carboxylic acids is 1. The molecule has 0 radical (unpaired) electrons. The van der Waals surface area contributed by atoms with Gasteiger partial charge < -0.3 is 10.0 Å². The van der Waals surface area contributed by atoms with Crippen LogP contribution in [0.5, 0.6) is 0 Å². The second-order valence-corrected chi connectivity index (χ2v) is 19.0. The van der Waals surface area contributed by atoms with E-state index in [1.54, 1.807) is 6.07 Å². The molecule has 0 aromatic heterocycles. The first-order valence-corrected chi connectivity index (χ1v) is 21.9. The van der Waals surface area contributed by atoms with E-state index in [1.807, 2.05) is 43.4 Å². The van der Waals surface area contributed by atoms with Gasteiger partial charge in [-0.3, -0.25) is 13.9 Å². The molecule has 2 aromatic rings. The molecule has 0 aliphatic carbocycles. The number of allylic oxidation sites excluding steroid dienone is 8. The smallest absolute Gasteiger partial charge is 0.303 e. The zero-order chi connectivity index (χ0) is 37.8. The summed E-state index contributed by atoms with van der Waals surface area (Å²) in [7, 11) is -6.55. The van der Waals surface area contributed by atoms with Crippen LogP contribution in [0.1, 0.15) is 76.8 Å². The maximum atomic E-state index is 12.2. The van der Waals surface area contributed by atoms with Crippen molar-refractivity contribution in [1.29, 1.82) is 0 Å². The van der Waals surface area contributed by atoms with Crippen molar-refractivity contribution in [2.24, 2.45) is 0 Å². The number of benzene rings is 2. The van der Waals surface area contributed by atoms with Crippen LogP contribution in [0.4, 0.5) is 11.4 Å². The highest BCUT2D eigenvalue weighted by molar-refractivity contribution is 14.1. The van der Waals surface area contributed by atoms with Gasteiger partial charge >= 0.3 is 5.97 Å². The molecule has 0 amide bonds. The molecular formula is C37H45I2N2O8S2+. The Hall–Kier alpha value is -2.38. The second-order valence-electron chi connectivity index (χ2n) is 13.6. The van der Waals surface area contributed by atoms with E-state index < -0.39 is 31.6 Å². The summed E-state index contributed by atoms with van der Waals surface area (Å²) in [6.07, 6.45) is 16.8. The Balaban J connectivity index is 1.64. The van der Waals surface area contributed by atoms with Crippen molar-refractivity contribution in [2.45, 2.75) is 81.4 Å². The van der Waals surface area contributed by atoms with Gasteiger partial charge in [-0.2, -0.15) is 21.4 Å². The van der Waals surface area contributed by atoms with Crippen LogP contribution in [0.25, 0.3) is 0 Å². The van der Waals surface area contributed by atoms with E-state index in [-0.39, 0.29) is 28.9 Å². The van der Waals surface area contributed by atoms with Gasteiger partial charge in [0.2, 0.25) is 5.69 Å². The molecule has 2 aliphatic heterocycles. The van der Waals surface area contributed by atoms with Crippen molar-refractivity contribution < 1.29 is 40.4 Å². The Morgan fingerprint density at radius 3 is 2.25 bits per heavy atom. The number of hydrogen-bond donors (Lipinski definition) is 3. The molecule has 2 heterocycles. The van der Waals surface area contributed by atoms with Gasteiger partial charge in [-0.15, -0.1) is 0 Å². The number of carboxylic acid groups (broad SMARTS) is 1. The van der Waals surface area contributed by atoms with Crippen LogP contribution in [0, 0.1) is 7.14 Å². The van der Waals surface area contributed by atoms with Gasteiger partial charge in [0.25, 0.3) is 20.2 Å². The molecule has 276 valence electrons. The normalized spacial score (nSPS) is 19.7. The monoisotopic (exact) mass is 963 g/mol. The number of aliphatic carboxylic acids is 1. The molecule has 51 heavy (non-hydrogen) atoms.